The predicted octanol–water partition coefficient (Wildman–Crippen LogP) is 3.36. The summed E-state index contributed by atoms with van der Waals surface area (Å²) < 4.78 is 15.7. The molecular formula is C32H51N5O10. The third kappa shape index (κ3) is 21.0. The minimum Gasteiger partial charge on any atom is -0.480 e. The molecule has 0 saturated heterocycles. The van der Waals surface area contributed by atoms with Crippen molar-refractivity contribution in [1.82, 2.24) is 26.6 Å². The number of alkyl carbamates (subject to hydrolysis) is 3. The van der Waals surface area contributed by atoms with Crippen LogP contribution in [0, 0.1) is 0 Å². The topological polar surface area (TPSA) is 210 Å². The molecule has 1 rings (SSSR count). The SMILES string of the molecule is CC(C)(C)OC(=O)NCCCCC(NC(=O)OCc1ccccc1)C(=O)NC(CCCCNC(=O)OC(C)(C)C)C(=O)NCC(=O)O. The fraction of sp³-hybridized carbons (Fsp3) is 0.625. The number of hydrogen-bond acceptors (Lipinski definition) is 9. The average Bonchev–Trinajstić information content (AvgIpc) is 2.95. The van der Waals surface area contributed by atoms with Gasteiger partial charge in [-0.05, 0) is 85.6 Å². The van der Waals surface area contributed by atoms with Gasteiger partial charge in [0.1, 0.15) is 36.4 Å². The number of ether oxygens (including phenoxy) is 3. The van der Waals surface area contributed by atoms with Crippen LogP contribution >= 0.6 is 0 Å². The van der Waals surface area contributed by atoms with Crippen molar-refractivity contribution in [3.05, 3.63) is 35.9 Å². The molecule has 6 N–H and O–H groups in total. The molecule has 15 heteroatoms. The molecule has 0 aliphatic heterocycles. The number of unbranched alkanes of at least 4 members (excludes halogenated alkanes) is 2. The number of carbonyl (C=O) groups is 6. The van der Waals surface area contributed by atoms with Crippen LogP contribution in [0.1, 0.15) is 85.6 Å². The summed E-state index contributed by atoms with van der Waals surface area (Å²) in [4.78, 5) is 73.7. The number of benzene rings is 1. The zero-order valence-corrected chi connectivity index (χ0v) is 28.2. The highest BCUT2D eigenvalue weighted by Crippen LogP contribution is 2.10. The van der Waals surface area contributed by atoms with E-state index in [-0.39, 0.29) is 32.5 Å². The molecule has 0 spiro atoms. The Morgan fingerprint density at radius 3 is 1.62 bits per heavy atom. The van der Waals surface area contributed by atoms with E-state index >= 15 is 0 Å². The van der Waals surface area contributed by atoms with Crippen molar-refractivity contribution in [3.63, 3.8) is 0 Å². The van der Waals surface area contributed by atoms with Gasteiger partial charge in [-0.1, -0.05) is 30.3 Å². The maximum Gasteiger partial charge on any atom is 0.408 e. The minimum atomic E-state index is -1.26. The smallest absolute Gasteiger partial charge is 0.408 e. The standard InChI is InChI=1S/C32H51N5O10/c1-31(2,3)46-28(42)33-18-12-10-16-23(26(40)35-20-25(38)39)36-27(41)24(17-11-13-19-34-29(43)47-32(4,5)6)37-30(44)45-21-22-14-8-7-9-15-22/h7-9,14-15,23-24H,10-13,16-21H2,1-6H3,(H,33,42)(H,34,43)(H,35,40)(H,36,41)(H,37,44)(H,38,39). The maximum atomic E-state index is 13.4. The first-order chi connectivity index (χ1) is 21.9. The van der Waals surface area contributed by atoms with Crippen LogP contribution < -0.4 is 26.6 Å². The predicted molar refractivity (Wildman–Crippen MR) is 172 cm³/mol. The fourth-order valence-electron chi connectivity index (χ4n) is 3.96. The summed E-state index contributed by atoms with van der Waals surface area (Å²) in [6, 6.07) is 6.73. The minimum absolute atomic E-state index is 0.0294. The second-order valence-corrected chi connectivity index (χ2v) is 12.8. The number of hydrogen-bond donors (Lipinski definition) is 6. The zero-order chi connectivity index (χ0) is 35.5. The van der Waals surface area contributed by atoms with Gasteiger partial charge in [0.2, 0.25) is 11.8 Å². The molecule has 0 aliphatic carbocycles. The molecule has 0 aliphatic rings. The Kier molecular flexibility index (Phi) is 17.7. The quantitative estimate of drug-likeness (QED) is 0.0994. The molecule has 0 radical (unpaired) electrons. The Morgan fingerprint density at radius 2 is 1.15 bits per heavy atom. The Balaban J connectivity index is 2.86. The molecule has 47 heavy (non-hydrogen) atoms. The van der Waals surface area contributed by atoms with Crippen LogP contribution in [-0.2, 0) is 35.2 Å². The third-order valence-electron chi connectivity index (χ3n) is 6.04. The van der Waals surface area contributed by atoms with E-state index in [2.05, 4.69) is 26.6 Å². The molecule has 264 valence electrons. The average molecular weight is 666 g/mol. The summed E-state index contributed by atoms with van der Waals surface area (Å²) in [6.45, 7) is 10.3. The van der Waals surface area contributed by atoms with Crippen LogP contribution in [0.3, 0.4) is 0 Å². The largest absolute Gasteiger partial charge is 0.480 e. The lowest BCUT2D eigenvalue weighted by Gasteiger charge is -2.23. The molecule has 15 nitrogen and oxygen atoms in total. The first-order valence-electron chi connectivity index (χ1n) is 15.7. The fourth-order valence-corrected chi connectivity index (χ4v) is 3.96. The summed E-state index contributed by atoms with van der Waals surface area (Å²) in [7, 11) is 0. The zero-order valence-electron chi connectivity index (χ0n) is 28.2. The maximum absolute atomic E-state index is 13.4. The highest BCUT2D eigenvalue weighted by molar-refractivity contribution is 5.92. The molecule has 0 bridgehead atoms. The molecule has 0 heterocycles. The molecule has 2 atom stereocenters. The summed E-state index contributed by atoms with van der Waals surface area (Å²) in [5, 5.41) is 21.7. The summed E-state index contributed by atoms with van der Waals surface area (Å²) in [5.74, 6) is -2.65. The van der Waals surface area contributed by atoms with E-state index < -0.39 is 65.9 Å². The van der Waals surface area contributed by atoms with E-state index in [4.69, 9.17) is 19.3 Å². The number of carbonyl (C=O) groups excluding carboxylic acids is 5. The molecule has 2 unspecified atom stereocenters. The van der Waals surface area contributed by atoms with E-state index in [0.717, 1.165) is 5.56 Å². The Morgan fingerprint density at radius 1 is 0.660 bits per heavy atom. The summed E-state index contributed by atoms with van der Waals surface area (Å²) >= 11 is 0. The molecule has 1 aromatic rings. The molecule has 1 aromatic carbocycles. The van der Waals surface area contributed by atoms with Gasteiger partial charge in [-0.2, -0.15) is 0 Å². The van der Waals surface area contributed by atoms with E-state index in [9.17, 15) is 28.8 Å². The van der Waals surface area contributed by atoms with Crippen molar-refractivity contribution in [3.8, 4) is 0 Å². The van der Waals surface area contributed by atoms with Crippen LogP contribution in [0.25, 0.3) is 0 Å². The van der Waals surface area contributed by atoms with Gasteiger partial charge >= 0.3 is 24.2 Å². The van der Waals surface area contributed by atoms with Crippen molar-refractivity contribution in [1.29, 1.82) is 0 Å². The van der Waals surface area contributed by atoms with Gasteiger partial charge in [-0.15, -0.1) is 0 Å². The number of carboxylic acid groups (broad SMARTS) is 1. The second-order valence-electron chi connectivity index (χ2n) is 12.8. The van der Waals surface area contributed by atoms with Crippen LogP contribution in [0.15, 0.2) is 30.3 Å². The van der Waals surface area contributed by atoms with E-state index in [1.54, 1.807) is 65.8 Å². The van der Waals surface area contributed by atoms with E-state index in [1.165, 1.54) is 0 Å². The number of amides is 5. The van der Waals surface area contributed by atoms with Crippen LogP contribution in [-0.4, -0.2) is 84.1 Å². The lowest BCUT2D eigenvalue weighted by atomic mass is 10.1. The number of carboxylic acids is 1. The molecular weight excluding hydrogens is 614 g/mol. The summed E-state index contributed by atoms with van der Waals surface area (Å²) in [5.41, 5.74) is -0.568. The molecule has 5 amide bonds. The Bertz CT molecular complexity index is 1170. The highest BCUT2D eigenvalue weighted by atomic mass is 16.6. The normalized spacial score (nSPS) is 12.5. The third-order valence-corrected chi connectivity index (χ3v) is 6.04. The monoisotopic (exact) mass is 665 g/mol. The van der Waals surface area contributed by atoms with Crippen molar-refractivity contribution in [2.45, 2.75) is 110 Å². The van der Waals surface area contributed by atoms with Crippen molar-refractivity contribution >= 4 is 36.1 Å². The Hall–Kier alpha value is -4.56. The van der Waals surface area contributed by atoms with Gasteiger partial charge in [0.15, 0.2) is 0 Å². The number of nitrogens with one attached hydrogen (secondary N) is 5. The number of aliphatic carboxylic acids is 1. The summed E-state index contributed by atoms with van der Waals surface area (Å²) in [6.07, 6.45) is -0.0624. The Labute approximate surface area is 276 Å². The van der Waals surface area contributed by atoms with E-state index in [0.29, 0.717) is 25.7 Å². The lowest BCUT2D eigenvalue weighted by Crippen LogP contribution is -2.54. The molecule has 0 aromatic heterocycles. The van der Waals surface area contributed by atoms with Crippen LogP contribution in [0.5, 0.6) is 0 Å². The van der Waals surface area contributed by atoms with Gasteiger partial charge < -0.3 is 45.9 Å². The lowest BCUT2D eigenvalue weighted by molar-refractivity contribution is -0.138. The van der Waals surface area contributed by atoms with Gasteiger partial charge in [-0.3, -0.25) is 14.4 Å². The first kappa shape index (κ1) is 40.5. The van der Waals surface area contributed by atoms with Gasteiger partial charge in [0, 0.05) is 13.1 Å². The second kappa shape index (κ2) is 20.5. The van der Waals surface area contributed by atoms with Crippen LogP contribution in [0.4, 0.5) is 14.4 Å². The van der Waals surface area contributed by atoms with Crippen molar-refractivity contribution in [2.24, 2.45) is 0 Å². The molecule has 0 saturated carbocycles. The number of rotatable bonds is 18. The van der Waals surface area contributed by atoms with Gasteiger partial charge in [0.25, 0.3) is 0 Å². The van der Waals surface area contributed by atoms with Crippen LogP contribution in [0.2, 0.25) is 0 Å². The van der Waals surface area contributed by atoms with Crippen molar-refractivity contribution < 1.29 is 48.1 Å². The van der Waals surface area contributed by atoms with Crippen molar-refractivity contribution in [2.75, 3.05) is 19.6 Å². The van der Waals surface area contributed by atoms with E-state index in [1.807, 2.05) is 6.07 Å². The first-order valence-corrected chi connectivity index (χ1v) is 15.7. The highest BCUT2D eigenvalue weighted by Gasteiger charge is 2.27. The van der Waals surface area contributed by atoms with Gasteiger partial charge in [0.05, 0.1) is 0 Å². The van der Waals surface area contributed by atoms with Gasteiger partial charge in [-0.25, -0.2) is 14.4 Å². The molecule has 0 fully saturated rings.